The van der Waals surface area contributed by atoms with Crippen molar-refractivity contribution in [2.24, 2.45) is 0 Å². The van der Waals surface area contributed by atoms with Crippen molar-refractivity contribution in [1.29, 1.82) is 10.5 Å². The first kappa shape index (κ1) is 21.4. The number of hydrogen-bond acceptors (Lipinski definition) is 8. The number of halogens is 2. The highest BCUT2D eigenvalue weighted by molar-refractivity contribution is 5.63. The highest BCUT2D eigenvalue weighted by Gasteiger charge is 2.24. The fourth-order valence-electron chi connectivity index (χ4n) is 3.45. The van der Waals surface area contributed by atoms with Crippen LogP contribution < -0.4 is 16.6 Å². The third-order valence-corrected chi connectivity index (χ3v) is 4.96. The third-order valence-electron chi connectivity index (χ3n) is 4.96. The second-order valence-corrected chi connectivity index (χ2v) is 6.96. The summed E-state index contributed by atoms with van der Waals surface area (Å²) < 4.78 is 30.3. The zero-order chi connectivity index (χ0) is 23.7. The van der Waals surface area contributed by atoms with Crippen molar-refractivity contribution in [1.82, 2.24) is 24.1 Å². The van der Waals surface area contributed by atoms with Gasteiger partial charge in [0.1, 0.15) is 52.8 Å². The number of nitriles is 2. The lowest BCUT2D eigenvalue weighted by Gasteiger charge is -2.22. The predicted molar refractivity (Wildman–Crippen MR) is 113 cm³/mol. The van der Waals surface area contributed by atoms with Crippen LogP contribution in [0, 0.1) is 34.3 Å². The largest absolute Gasteiger partial charge is 0.382 e. The van der Waals surface area contributed by atoms with E-state index in [0.29, 0.717) is 12.5 Å². The summed E-state index contributed by atoms with van der Waals surface area (Å²) >= 11 is 0. The second kappa shape index (κ2) is 8.36. The molecule has 0 radical (unpaired) electrons. The fraction of sp³-hybridized carbons (Fsp3) is 0.143. The van der Waals surface area contributed by atoms with Crippen LogP contribution in [0.2, 0.25) is 0 Å². The molecule has 12 heteroatoms. The van der Waals surface area contributed by atoms with Crippen LogP contribution in [0.3, 0.4) is 0 Å². The Morgan fingerprint density at radius 2 is 1.91 bits per heavy atom. The normalized spacial score (nSPS) is 11.7. The lowest BCUT2D eigenvalue weighted by Crippen LogP contribution is -2.30. The maximum atomic E-state index is 14.0. The predicted octanol–water partition coefficient (Wildman–Crippen LogP) is 2.44. The molecule has 0 aliphatic carbocycles. The molecule has 4 rings (SSSR count). The molecular formula is C21H15F2N9O. The molecule has 1 aromatic carbocycles. The molecule has 0 spiro atoms. The Morgan fingerprint density at radius 1 is 1.18 bits per heavy atom. The first-order valence-electron chi connectivity index (χ1n) is 9.65. The summed E-state index contributed by atoms with van der Waals surface area (Å²) in [5, 5.41) is 26.3. The van der Waals surface area contributed by atoms with Gasteiger partial charge in [0.05, 0.1) is 17.3 Å². The molecule has 164 valence electrons. The fourth-order valence-corrected chi connectivity index (χ4v) is 3.45. The van der Waals surface area contributed by atoms with Crippen LogP contribution >= 0.6 is 0 Å². The van der Waals surface area contributed by atoms with E-state index in [4.69, 9.17) is 5.73 Å². The van der Waals surface area contributed by atoms with Gasteiger partial charge in [-0.3, -0.25) is 9.36 Å². The molecule has 0 fully saturated rings. The van der Waals surface area contributed by atoms with Gasteiger partial charge in [0.15, 0.2) is 5.82 Å². The second-order valence-electron chi connectivity index (χ2n) is 6.96. The van der Waals surface area contributed by atoms with Gasteiger partial charge >= 0.3 is 0 Å². The van der Waals surface area contributed by atoms with Crippen LogP contribution in [0.1, 0.15) is 36.3 Å². The Labute approximate surface area is 185 Å². The van der Waals surface area contributed by atoms with Gasteiger partial charge in [0.25, 0.3) is 5.56 Å². The molecule has 0 bridgehead atoms. The number of hydrogen-bond donors (Lipinski definition) is 2. The number of nitrogens with two attached hydrogens (primary N) is 1. The van der Waals surface area contributed by atoms with Gasteiger partial charge in [-0.25, -0.2) is 23.3 Å². The average Bonchev–Trinajstić information content (AvgIpc) is 3.20. The minimum absolute atomic E-state index is 0.00421. The topological polar surface area (TPSA) is 151 Å². The summed E-state index contributed by atoms with van der Waals surface area (Å²) in [7, 11) is 0. The maximum absolute atomic E-state index is 14.0. The van der Waals surface area contributed by atoms with E-state index in [2.05, 4.69) is 20.4 Å². The van der Waals surface area contributed by atoms with E-state index in [0.717, 1.165) is 16.7 Å². The Hall–Kier alpha value is -4.84. The van der Waals surface area contributed by atoms with Crippen LogP contribution in [-0.2, 0) is 0 Å². The molecule has 0 amide bonds. The number of anilines is 2. The van der Waals surface area contributed by atoms with Gasteiger partial charge in [-0.05, 0) is 24.6 Å². The first-order valence-corrected chi connectivity index (χ1v) is 9.65. The Balaban J connectivity index is 2.00. The van der Waals surface area contributed by atoms with E-state index < -0.39 is 23.2 Å². The molecule has 1 atom stereocenters. The van der Waals surface area contributed by atoms with Gasteiger partial charge < -0.3 is 11.1 Å². The van der Waals surface area contributed by atoms with E-state index >= 15 is 0 Å². The quantitative estimate of drug-likeness (QED) is 0.473. The molecule has 0 aliphatic heterocycles. The molecule has 3 aromatic heterocycles. The van der Waals surface area contributed by atoms with Crippen molar-refractivity contribution in [2.45, 2.75) is 19.4 Å². The van der Waals surface area contributed by atoms with Gasteiger partial charge in [-0.1, -0.05) is 6.92 Å². The van der Waals surface area contributed by atoms with E-state index in [1.165, 1.54) is 23.1 Å². The maximum Gasteiger partial charge on any atom is 0.283 e. The van der Waals surface area contributed by atoms with E-state index in [-0.39, 0.29) is 39.8 Å². The molecule has 0 unspecified atom stereocenters. The third kappa shape index (κ3) is 3.70. The number of nitrogens with one attached hydrogen (secondary N) is 1. The molecular weight excluding hydrogens is 432 g/mol. The van der Waals surface area contributed by atoms with Gasteiger partial charge in [0.2, 0.25) is 0 Å². The van der Waals surface area contributed by atoms with Crippen LogP contribution in [0.25, 0.3) is 11.2 Å². The van der Waals surface area contributed by atoms with Crippen molar-refractivity contribution in [2.75, 3.05) is 11.1 Å². The lowest BCUT2D eigenvalue weighted by atomic mass is 10.1. The Bertz CT molecular complexity index is 1510. The van der Waals surface area contributed by atoms with Gasteiger partial charge in [-0.15, -0.1) is 0 Å². The molecule has 0 aliphatic rings. The standard InChI is InChI=1S/C21H15F2N9O/c1-2-16(29-19-15(9-25)18(26)27-10-28-19)20-30-31-4-3-11(8-24)17(31)21(33)32(20)14-6-12(22)5-13(23)7-14/h3-7,10,16H,2H2,1H3,(H3,26,27,28,29)/t16-/m0/s1. The zero-order valence-corrected chi connectivity index (χ0v) is 17.1. The van der Waals surface area contributed by atoms with Gasteiger partial charge in [-0.2, -0.15) is 15.6 Å². The minimum Gasteiger partial charge on any atom is -0.382 e. The minimum atomic E-state index is -0.894. The van der Waals surface area contributed by atoms with Crippen molar-refractivity contribution in [3.05, 3.63) is 75.7 Å². The first-order chi connectivity index (χ1) is 15.9. The number of benzene rings is 1. The van der Waals surface area contributed by atoms with Crippen LogP contribution in [-0.4, -0.2) is 24.1 Å². The molecule has 0 saturated heterocycles. The van der Waals surface area contributed by atoms with Crippen molar-refractivity contribution < 1.29 is 8.78 Å². The molecule has 10 nitrogen and oxygen atoms in total. The van der Waals surface area contributed by atoms with E-state index in [1.54, 1.807) is 6.92 Å². The van der Waals surface area contributed by atoms with Crippen LogP contribution in [0.15, 0.2) is 41.6 Å². The van der Waals surface area contributed by atoms with E-state index in [9.17, 15) is 24.1 Å². The monoisotopic (exact) mass is 447 g/mol. The molecule has 0 saturated carbocycles. The zero-order valence-electron chi connectivity index (χ0n) is 17.1. The average molecular weight is 447 g/mol. The van der Waals surface area contributed by atoms with Gasteiger partial charge in [0, 0.05) is 12.3 Å². The highest BCUT2D eigenvalue weighted by atomic mass is 19.1. The Kier molecular flexibility index (Phi) is 5.42. The molecule has 3 heterocycles. The molecule has 3 N–H and O–H groups in total. The van der Waals surface area contributed by atoms with Crippen molar-refractivity contribution in [3.8, 4) is 17.8 Å². The summed E-state index contributed by atoms with van der Waals surface area (Å²) in [6.07, 6.45) is 2.93. The summed E-state index contributed by atoms with van der Waals surface area (Å²) in [4.78, 5) is 21.3. The summed E-state index contributed by atoms with van der Waals surface area (Å²) in [5.74, 6) is -1.65. The summed E-state index contributed by atoms with van der Waals surface area (Å²) in [5.41, 5.74) is 4.94. The van der Waals surface area contributed by atoms with Crippen molar-refractivity contribution in [3.63, 3.8) is 0 Å². The number of nitrogen functional groups attached to an aromatic ring is 1. The highest BCUT2D eigenvalue weighted by Crippen LogP contribution is 2.26. The Morgan fingerprint density at radius 3 is 2.55 bits per heavy atom. The summed E-state index contributed by atoms with van der Waals surface area (Å²) in [6, 6.07) is 7.14. The van der Waals surface area contributed by atoms with Crippen LogP contribution in [0.5, 0.6) is 0 Å². The number of fused-ring (bicyclic) bond motifs is 1. The smallest absolute Gasteiger partial charge is 0.283 e. The van der Waals surface area contributed by atoms with Crippen LogP contribution in [0.4, 0.5) is 20.4 Å². The summed E-state index contributed by atoms with van der Waals surface area (Å²) in [6.45, 7) is 1.78. The SMILES string of the molecule is CC[C@H](Nc1ncnc(N)c1C#N)c1nn2ccc(C#N)c2c(=O)n1-c1cc(F)cc(F)c1. The number of aromatic nitrogens is 5. The van der Waals surface area contributed by atoms with E-state index in [1.807, 2.05) is 12.1 Å². The lowest BCUT2D eigenvalue weighted by molar-refractivity contribution is 0.575. The number of rotatable bonds is 5. The number of nitrogens with zero attached hydrogens (tertiary/aromatic N) is 7. The molecule has 4 aromatic rings. The van der Waals surface area contributed by atoms with Crippen molar-refractivity contribution >= 4 is 17.2 Å². The molecule has 33 heavy (non-hydrogen) atoms.